The van der Waals surface area contributed by atoms with Crippen LogP contribution in [-0.2, 0) is 0 Å². The SMILES string of the molecule is CC(NC(=O)NC1CCC(CO)CC1)c1cccc(-n2cccn2)c1. The first-order valence-electron chi connectivity index (χ1n) is 8.93. The zero-order valence-electron chi connectivity index (χ0n) is 14.6. The van der Waals surface area contributed by atoms with Gasteiger partial charge in [-0.3, -0.25) is 0 Å². The Balaban J connectivity index is 1.54. The van der Waals surface area contributed by atoms with Crippen LogP contribution in [0.1, 0.15) is 44.2 Å². The Bertz CT molecular complexity index is 678. The maximum absolute atomic E-state index is 12.3. The Hall–Kier alpha value is -2.34. The number of aliphatic hydroxyl groups excluding tert-OH is 1. The molecule has 2 aromatic rings. The maximum Gasteiger partial charge on any atom is 0.315 e. The molecule has 1 aliphatic carbocycles. The Morgan fingerprint density at radius 3 is 2.80 bits per heavy atom. The molecule has 1 aromatic carbocycles. The van der Waals surface area contributed by atoms with Crippen LogP contribution in [0, 0.1) is 5.92 Å². The van der Waals surface area contributed by atoms with Crippen molar-refractivity contribution < 1.29 is 9.90 Å². The van der Waals surface area contributed by atoms with Crippen LogP contribution in [-0.4, -0.2) is 33.6 Å². The maximum atomic E-state index is 12.3. The number of rotatable bonds is 5. The lowest BCUT2D eigenvalue weighted by molar-refractivity contribution is 0.174. The van der Waals surface area contributed by atoms with E-state index >= 15 is 0 Å². The van der Waals surface area contributed by atoms with Crippen molar-refractivity contribution in [3.8, 4) is 5.69 Å². The highest BCUT2D eigenvalue weighted by molar-refractivity contribution is 5.74. The number of carbonyl (C=O) groups is 1. The van der Waals surface area contributed by atoms with Crippen LogP contribution in [0.15, 0.2) is 42.7 Å². The summed E-state index contributed by atoms with van der Waals surface area (Å²) in [5.74, 6) is 0.394. The fourth-order valence-electron chi connectivity index (χ4n) is 3.35. The van der Waals surface area contributed by atoms with Crippen molar-refractivity contribution in [3.05, 3.63) is 48.3 Å². The first-order chi connectivity index (χ1) is 12.2. The number of hydrogen-bond acceptors (Lipinski definition) is 3. The molecule has 0 bridgehead atoms. The monoisotopic (exact) mass is 342 g/mol. The van der Waals surface area contributed by atoms with Crippen LogP contribution in [0.3, 0.4) is 0 Å². The van der Waals surface area contributed by atoms with Crippen LogP contribution < -0.4 is 10.6 Å². The lowest BCUT2D eigenvalue weighted by Crippen LogP contribution is -2.44. The Labute approximate surface area is 148 Å². The lowest BCUT2D eigenvalue weighted by atomic mass is 9.87. The summed E-state index contributed by atoms with van der Waals surface area (Å²) in [6.45, 7) is 2.23. The van der Waals surface area contributed by atoms with Crippen LogP contribution in [0.25, 0.3) is 5.69 Å². The lowest BCUT2D eigenvalue weighted by Gasteiger charge is -2.28. The Morgan fingerprint density at radius 1 is 1.32 bits per heavy atom. The van der Waals surface area contributed by atoms with Gasteiger partial charge in [-0.05, 0) is 62.3 Å². The summed E-state index contributed by atoms with van der Waals surface area (Å²) in [5, 5.41) is 19.5. The largest absolute Gasteiger partial charge is 0.396 e. The van der Waals surface area contributed by atoms with Gasteiger partial charge in [-0.25, -0.2) is 9.48 Å². The molecule has 2 amide bonds. The van der Waals surface area contributed by atoms with E-state index in [1.54, 1.807) is 10.9 Å². The van der Waals surface area contributed by atoms with Crippen LogP contribution >= 0.6 is 0 Å². The molecule has 1 atom stereocenters. The van der Waals surface area contributed by atoms with Gasteiger partial charge in [0, 0.05) is 25.0 Å². The van der Waals surface area contributed by atoms with Gasteiger partial charge < -0.3 is 15.7 Å². The van der Waals surface area contributed by atoms with E-state index in [2.05, 4.69) is 15.7 Å². The molecule has 1 saturated carbocycles. The van der Waals surface area contributed by atoms with E-state index in [9.17, 15) is 9.90 Å². The molecule has 3 N–H and O–H groups in total. The number of hydrogen-bond donors (Lipinski definition) is 3. The van der Waals surface area contributed by atoms with E-state index in [1.807, 2.05) is 43.5 Å². The van der Waals surface area contributed by atoms with Crippen molar-refractivity contribution in [2.75, 3.05) is 6.61 Å². The number of nitrogens with zero attached hydrogens (tertiary/aromatic N) is 2. The molecule has 3 rings (SSSR count). The number of benzene rings is 1. The topological polar surface area (TPSA) is 79.2 Å². The zero-order chi connectivity index (χ0) is 17.6. The predicted molar refractivity (Wildman–Crippen MR) is 96.5 cm³/mol. The highest BCUT2D eigenvalue weighted by atomic mass is 16.3. The molecule has 6 nitrogen and oxygen atoms in total. The smallest absolute Gasteiger partial charge is 0.315 e. The normalized spacial score (nSPS) is 21.5. The molecule has 25 heavy (non-hydrogen) atoms. The first kappa shape index (κ1) is 17.5. The number of aliphatic hydroxyl groups is 1. The third kappa shape index (κ3) is 4.60. The van der Waals surface area contributed by atoms with E-state index in [-0.39, 0.29) is 24.7 Å². The minimum absolute atomic E-state index is 0.0932. The second-order valence-corrected chi connectivity index (χ2v) is 6.79. The minimum atomic E-state index is -0.135. The van der Waals surface area contributed by atoms with Gasteiger partial charge in [-0.15, -0.1) is 0 Å². The van der Waals surface area contributed by atoms with Crippen LogP contribution in [0.5, 0.6) is 0 Å². The van der Waals surface area contributed by atoms with Crippen molar-refractivity contribution >= 4 is 6.03 Å². The van der Waals surface area contributed by atoms with E-state index in [4.69, 9.17) is 0 Å². The van der Waals surface area contributed by atoms with E-state index in [1.165, 1.54) is 0 Å². The number of carbonyl (C=O) groups excluding carboxylic acids is 1. The Kier molecular flexibility index (Phi) is 5.71. The quantitative estimate of drug-likeness (QED) is 0.782. The molecule has 1 aromatic heterocycles. The molecule has 0 saturated heterocycles. The van der Waals surface area contributed by atoms with E-state index in [0.29, 0.717) is 5.92 Å². The molecule has 134 valence electrons. The number of aromatic nitrogens is 2. The second kappa shape index (κ2) is 8.16. The first-order valence-corrected chi connectivity index (χ1v) is 8.93. The Morgan fingerprint density at radius 2 is 2.12 bits per heavy atom. The fourth-order valence-corrected chi connectivity index (χ4v) is 3.35. The fraction of sp³-hybridized carbons (Fsp3) is 0.474. The zero-order valence-corrected chi connectivity index (χ0v) is 14.6. The van der Waals surface area contributed by atoms with Gasteiger partial charge in [0.1, 0.15) is 0 Å². The summed E-state index contributed by atoms with van der Waals surface area (Å²) in [7, 11) is 0. The summed E-state index contributed by atoms with van der Waals surface area (Å²) in [6, 6.07) is 9.85. The molecule has 0 spiro atoms. The van der Waals surface area contributed by atoms with Gasteiger partial charge >= 0.3 is 6.03 Å². The summed E-state index contributed by atoms with van der Waals surface area (Å²) >= 11 is 0. The van der Waals surface area contributed by atoms with Crippen molar-refractivity contribution in [2.45, 2.75) is 44.7 Å². The molecule has 6 heteroatoms. The van der Waals surface area contributed by atoms with E-state index < -0.39 is 0 Å². The van der Waals surface area contributed by atoms with Gasteiger partial charge in [0.05, 0.1) is 11.7 Å². The molecule has 0 radical (unpaired) electrons. The highest BCUT2D eigenvalue weighted by Crippen LogP contribution is 2.23. The molecule has 1 unspecified atom stereocenters. The molecule has 0 aliphatic heterocycles. The molecule has 1 fully saturated rings. The molecule has 1 heterocycles. The average Bonchev–Trinajstić information content (AvgIpc) is 3.17. The molecular weight excluding hydrogens is 316 g/mol. The van der Waals surface area contributed by atoms with Gasteiger partial charge in [0.2, 0.25) is 0 Å². The highest BCUT2D eigenvalue weighted by Gasteiger charge is 2.22. The summed E-state index contributed by atoms with van der Waals surface area (Å²) < 4.78 is 1.80. The van der Waals surface area contributed by atoms with Gasteiger partial charge in [0.15, 0.2) is 0 Å². The summed E-state index contributed by atoms with van der Waals surface area (Å²) in [6.07, 6.45) is 7.45. The van der Waals surface area contributed by atoms with Crippen molar-refractivity contribution in [2.24, 2.45) is 5.92 Å². The average molecular weight is 342 g/mol. The van der Waals surface area contributed by atoms with Gasteiger partial charge in [-0.1, -0.05) is 12.1 Å². The number of nitrogens with one attached hydrogen (secondary N) is 2. The molecule has 1 aliphatic rings. The molecular formula is C19H26N4O2. The second-order valence-electron chi connectivity index (χ2n) is 6.79. The summed E-state index contributed by atoms with van der Waals surface area (Å²) in [5.41, 5.74) is 2.01. The van der Waals surface area contributed by atoms with Crippen LogP contribution in [0.4, 0.5) is 4.79 Å². The van der Waals surface area contributed by atoms with E-state index in [0.717, 1.165) is 36.9 Å². The van der Waals surface area contributed by atoms with Crippen molar-refractivity contribution in [1.82, 2.24) is 20.4 Å². The third-order valence-corrected chi connectivity index (χ3v) is 4.93. The van der Waals surface area contributed by atoms with Gasteiger partial charge in [-0.2, -0.15) is 5.10 Å². The standard InChI is InChI=1S/C19H26N4O2/c1-14(16-4-2-5-18(12-16)23-11-3-10-20-23)21-19(25)22-17-8-6-15(13-24)7-9-17/h2-5,10-12,14-15,17,24H,6-9,13H2,1H3,(H2,21,22,25). The van der Waals surface area contributed by atoms with Gasteiger partial charge in [0.25, 0.3) is 0 Å². The minimum Gasteiger partial charge on any atom is -0.396 e. The number of urea groups is 1. The van der Waals surface area contributed by atoms with Crippen LogP contribution in [0.2, 0.25) is 0 Å². The van der Waals surface area contributed by atoms with Crippen molar-refractivity contribution in [3.63, 3.8) is 0 Å². The predicted octanol–water partition coefficient (Wildman–Crippen LogP) is 2.78. The third-order valence-electron chi connectivity index (χ3n) is 4.93. The number of amides is 2. The summed E-state index contributed by atoms with van der Waals surface area (Å²) in [4.78, 5) is 12.3. The van der Waals surface area contributed by atoms with Crippen molar-refractivity contribution in [1.29, 1.82) is 0 Å².